The van der Waals surface area contributed by atoms with Gasteiger partial charge in [-0.15, -0.1) is 0 Å². The van der Waals surface area contributed by atoms with E-state index in [0.29, 0.717) is 19.3 Å². The highest BCUT2D eigenvalue weighted by Gasteiger charge is 2.19. The fourth-order valence-electron chi connectivity index (χ4n) is 7.93. The lowest BCUT2D eigenvalue weighted by Gasteiger charge is -2.18. The number of hydrogen-bond donors (Lipinski definition) is 0. The number of esters is 3. The summed E-state index contributed by atoms with van der Waals surface area (Å²) in [7, 11) is 0. The van der Waals surface area contributed by atoms with E-state index in [4.69, 9.17) is 14.2 Å². The molecule has 0 spiro atoms. The van der Waals surface area contributed by atoms with Crippen molar-refractivity contribution in [3.63, 3.8) is 0 Å². The molecule has 0 N–H and O–H groups in total. The number of carbonyl (C=O) groups excluding carboxylic acids is 3. The third-order valence-corrected chi connectivity index (χ3v) is 12.7. The van der Waals surface area contributed by atoms with E-state index in [-0.39, 0.29) is 31.1 Å². The van der Waals surface area contributed by atoms with Gasteiger partial charge < -0.3 is 14.2 Å². The van der Waals surface area contributed by atoms with Crippen LogP contribution in [-0.2, 0) is 28.6 Å². The van der Waals surface area contributed by atoms with Gasteiger partial charge in [0.15, 0.2) is 6.10 Å². The lowest BCUT2D eigenvalue weighted by molar-refractivity contribution is -0.167. The molecule has 0 aliphatic rings. The van der Waals surface area contributed by atoms with Crippen molar-refractivity contribution in [3.8, 4) is 0 Å². The van der Waals surface area contributed by atoms with Gasteiger partial charge in [0.1, 0.15) is 13.2 Å². The third-order valence-electron chi connectivity index (χ3n) is 12.7. The predicted molar refractivity (Wildman–Crippen MR) is 252 cm³/mol. The molecule has 0 radical (unpaired) electrons. The molecule has 0 aromatic carbocycles. The molecule has 59 heavy (non-hydrogen) atoms. The van der Waals surface area contributed by atoms with Crippen molar-refractivity contribution in [1.82, 2.24) is 0 Å². The minimum atomic E-state index is -0.762. The molecule has 0 saturated heterocycles. The Balaban J connectivity index is 4.33. The van der Waals surface area contributed by atoms with Gasteiger partial charge in [-0.05, 0) is 31.1 Å². The minimum absolute atomic E-state index is 0.0639. The molecular formula is C53H102O6. The molecule has 0 saturated carbocycles. The molecule has 0 aliphatic carbocycles. The summed E-state index contributed by atoms with van der Waals surface area (Å²) in [6.45, 7) is 11.4. The van der Waals surface area contributed by atoms with Gasteiger partial charge in [0.25, 0.3) is 0 Å². The smallest absolute Gasteiger partial charge is 0.306 e. The second-order valence-corrected chi connectivity index (χ2v) is 18.6. The Bertz CT molecular complexity index is 904. The molecular weight excluding hydrogens is 733 g/mol. The van der Waals surface area contributed by atoms with Gasteiger partial charge in [-0.1, -0.05) is 253 Å². The van der Waals surface area contributed by atoms with Crippen molar-refractivity contribution >= 4 is 17.9 Å². The molecule has 0 bridgehead atoms. The first-order valence-corrected chi connectivity index (χ1v) is 26.3. The van der Waals surface area contributed by atoms with Crippen LogP contribution < -0.4 is 0 Å². The average Bonchev–Trinajstić information content (AvgIpc) is 3.23. The molecule has 0 amide bonds. The van der Waals surface area contributed by atoms with Crippen LogP contribution in [0.4, 0.5) is 0 Å². The highest BCUT2D eigenvalue weighted by molar-refractivity contribution is 5.71. The summed E-state index contributed by atoms with van der Waals surface area (Å²) < 4.78 is 16.8. The van der Waals surface area contributed by atoms with E-state index in [1.54, 1.807) is 0 Å². The summed E-state index contributed by atoms with van der Waals surface area (Å²) in [5, 5.41) is 0. The van der Waals surface area contributed by atoms with E-state index in [2.05, 4.69) is 34.6 Å². The van der Waals surface area contributed by atoms with E-state index < -0.39 is 6.10 Å². The predicted octanol–water partition coefficient (Wildman–Crippen LogP) is 16.9. The van der Waals surface area contributed by atoms with Crippen LogP contribution in [0.25, 0.3) is 0 Å². The van der Waals surface area contributed by atoms with Crippen LogP contribution in [0, 0.1) is 11.8 Å². The van der Waals surface area contributed by atoms with E-state index in [1.165, 1.54) is 180 Å². The van der Waals surface area contributed by atoms with Crippen LogP contribution in [0.3, 0.4) is 0 Å². The molecule has 2 unspecified atom stereocenters. The summed E-state index contributed by atoms with van der Waals surface area (Å²) >= 11 is 0. The van der Waals surface area contributed by atoms with Crippen molar-refractivity contribution in [2.45, 2.75) is 298 Å². The SMILES string of the molecule is CCCCCCCCCCCCCCCCCC(=O)OC[C@@H](COC(=O)CCCCCCCCCCC(C)CC)OC(=O)CCCCCCCCCCCCC(C)CC. The molecule has 0 fully saturated rings. The molecule has 0 heterocycles. The number of unbranched alkanes of at least 4 members (excludes halogenated alkanes) is 30. The van der Waals surface area contributed by atoms with Crippen LogP contribution in [-0.4, -0.2) is 37.2 Å². The van der Waals surface area contributed by atoms with Crippen molar-refractivity contribution in [1.29, 1.82) is 0 Å². The Kier molecular flexibility index (Phi) is 44.7. The first kappa shape index (κ1) is 57.4. The van der Waals surface area contributed by atoms with Crippen LogP contribution in [0.2, 0.25) is 0 Å². The maximum atomic E-state index is 12.8. The van der Waals surface area contributed by atoms with Crippen LogP contribution in [0.15, 0.2) is 0 Å². The highest BCUT2D eigenvalue weighted by Crippen LogP contribution is 2.18. The maximum Gasteiger partial charge on any atom is 0.306 e. The molecule has 6 heteroatoms. The van der Waals surface area contributed by atoms with Crippen molar-refractivity contribution < 1.29 is 28.6 Å². The number of carbonyl (C=O) groups is 3. The first-order valence-electron chi connectivity index (χ1n) is 26.3. The fraction of sp³-hybridized carbons (Fsp3) is 0.943. The summed E-state index contributed by atoms with van der Waals surface area (Å²) in [5.74, 6) is 0.867. The first-order chi connectivity index (χ1) is 28.8. The van der Waals surface area contributed by atoms with Crippen molar-refractivity contribution in [2.24, 2.45) is 11.8 Å². The maximum absolute atomic E-state index is 12.8. The van der Waals surface area contributed by atoms with Gasteiger partial charge >= 0.3 is 17.9 Å². The Hall–Kier alpha value is -1.59. The molecule has 0 aromatic heterocycles. The Labute approximate surface area is 368 Å². The van der Waals surface area contributed by atoms with Gasteiger partial charge in [-0.25, -0.2) is 0 Å². The van der Waals surface area contributed by atoms with Gasteiger partial charge in [-0.3, -0.25) is 14.4 Å². The van der Waals surface area contributed by atoms with Crippen molar-refractivity contribution in [3.05, 3.63) is 0 Å². The summed E-state index contributed by atoms with van der Waals surface area (Å²) in [5.41, 5.74) is 0. The minimum Gasteiger partial charge on any atom is -0.462 e. The number of hydrogen-bond acceptors (Lipinski definition) is 6. The zero-order valence-corrected chi connectivity index (χ0v) is 40.4. The second-order valence-electron chi connectivity index (χ2n) is 18.6. The fourth-order valence-corrected chi connectivity index (χ4v) is 7.93. The Morgan fingerprint density at radius 3 is 0.881 bits per heavy atom. The molecule has 350 valence electrons. The zero-order chi connectivity index (χ0) is 43.3. The third kappa shape index (κ3) is 44.3. The van der Waals surface area contributed by atoms with Gasteiger partial charge in [0.2, 0.25) is 0 Å². The monoisotopic (exact) mass is 835 g/mol. The van der Waals surface area contributed by atoms with Gasteiger partial charge in [0, 0.05) is 19.3 Å². The quantitative estimate of drug-likeness (QED) is 0.0345. The molecule has 6 nitrogen and oxygen atoms in total. The lowest BCUT2D eigenvalue weighted by atomic mass is 9.99. The average molecular weight is 835 g/mol. The van der Waals surface area contributed by atoms with Crippen LogP contribution >= 0.6 is 0 Å². The Morgan fingerprint density at radius 2 is 0.593 bits per heavy atom. The molecule has 0 rings (SSSR count). The topological polar surface area (TPSA) is 78.9 Å². The summed E-state index contributed by atoms with van der Waals surface area (Å²) in [4.78, 5) is 38.0. The van der Waals surface area contributed by atoms with Crippen LogP contribution in [0.5, 0.6) is 0 Å². The number of rotatable bonds is 47. The van der Waals surface area contributed by atoms with Gasteiger partial charge in [-0.2, -0.15) is 0 Å². The summed E-state index contributed by atoms with van der Waals surface area (Å²) in [6, 6.07) is 0. The van der Waals surface area contributed by atoms with Crippen molar-refractivity contribution in [2.75, 3.05) is 13.2 Å². The van der Waals surface area contributed by atoms with E-state index in [1.807, 2.05) is 0 Å². The van der Waals surface area contributed by atoms with Crippen LogP contribution in [0.1, 0.15) is 291 Å². The number of ether oxygens (including phenoxy) is 3. The summed E-state index contributed by atoms with van der Waals surface area (Å²) in [6.07, 6.45) is 46.4. The normalized spacial score (nSPS) is 13.0. The molecule has 3 atom stereocenters. The van der Waals surface area contributed by atoms with E-state index in [9.17, 15) is 14.4 Å². The lowest BCUT2D eigenvalue weighted by Crippen LogP contribution is -2.30. The molecule has 0 aliphatic heterocycles. The Morgan fingerprint density at radius 1 is 0.339 bits per heavy atom. The largest absolute Gasteiger partial charge is 0.462 e. The second kappa shape index (κ2) is 45.9. The van der Waals surface area contributed by atoms with E-state index in [0.717, 1.165) is 69.6 Å². The zero-order valence-electron chi connectivity index (χ0n) is 40.4. The highest BCUT2D eigenvalue weighted by atomic mass is 16.6. The van der Waals surface area contributed by atoms with Gasteiger partial charge in [0.05, 0.1) is 0 Å². The standard InChI is InChI=1S/C53H102O6/c1-6-9-10-11-12-13-14-15-16-17-18-22-28-33-38-43-51(54)57-46-50(47-58-52(55)44-39-34-29-25-24-27-32-37-42-49(5)8-3)59-53(56)45-40-35-30-23-20-19-21-26-31-36-41-48(4)7-2/h48-50H,6-47H2,1-5H3/t48?,49?,50-/m0/s1. The van der Waals surface area contributed by atoms with E-state index >= 15 is 0 Å². The molecule has 0 aromatic rings.